The highest BCUT2D eigenvalue weighted by molar-refractivity contribution is 7.89. The van der Waals surface area contributed by atoms with Gasteiger partial charge in [-0.2, -0.15) is 17.5 Å². The van der Waals surface area contributed by atoms with E-state index in [1.54, 1.807) is 13.8 Å². The van der Waals surface area contributed by atoms with Crippen LogP contribution in [0.25, 0.3) is 0 Å². The molecule has 0 amide bonds. The van der Waals surface area contributed by atoms with Crippen LogP contribution < -0.4 is 0 Å². The van der Waals surface area contributed by atoms with E-state index in [4.69, 9.17) is 0 Å². The van der Waals surface area contributed by atoms with Gasteiger partial charge < -0.3 is 0 Å². The third kappa shape index (κ3) is 6.46. The fourth-order valence-electron chi connectivity index (χ4n) is 6.05. The number of sulfonamides is 1. The Morgan fingerprint density at radius 1 is 1.07 bits per heavy atom. The Kier molecular flexibility index (Phi) is 8.65. The number of carbonyl (C=O) groups is 1. The normalized spacial score (nSPS) is 23.9. The number of ketones is 1. The maximum absolute atomic E-state index is 14.3. The lowest BCUT2D eigenvalue weighted by molar-refractivity contribution is -0.138. The zero-order valence-corrected chi connectivity index (χ0v) is 23.8. The molecule has 0 radical (unpaired) electrons. The van der Waals surface area contributed by atoms with Gasteiger partial charge in [0.25, 0.3) is 10.0 Å². The van der Waals surface area contributed by atoms with Gasteiger partial charge >= 0.3 is 6.18 Å². The van der Waals surface area contributed by atoms with Gasteiger partial charge in [-0.05, 0) is 44.7 Å². The van der Waals surface area contributed by atoms with Crippen LogP contribution in [0.3, 0.4) is 0 Å². The van der Waals surface area contributed by atoms with Gasteiger partial charge in [0.15, 0.2) is 5.78 Å². The van der Waals surface area contributed by atoms with Gasteiger partial charge in [0.1, 0.15) is 6.67 Å². The Hall–Kier alpha value is -2.52. The lowest BCUT2D eigenvalue weighted by atomic mass is 9.73. The van der Waals surface area contributed by atoms with Gasteiger partial charge in [-0.3, -0.25) is 14.4 Å². The summed E-state index contributed by atoms with van der Waals surface area (Å²) in [7, 11) is -2.46. The molecule has 1 saturated heterocycles. The number of rotatable bonds is 8. The molecular formula is C26H33F6N5O3S. The van der Waals surface area contributed by atoms with Crippen LogP contribution in [-0.4, -0.2) is 75.0 Å². The van der Waals surface area contributed by atoms with Crippen molar-refractivity contribution in [2.75, 3.05) is 13.1 Å². The first kappa shape index (κ1) is 31.4. The number of halogens is 6. The standard InChI is InChI=1S/C26H33F6N5O3S/c1-17-15-37(41(39,40)23-16-35(3)34-33-23)18(2)14-36(17)24(8-10-25(28,29)11-9-24)7-6-22(38)20-5-4-19(13-27)12-21(20)26(30,31)32/h4-5,12,16-18H,6-11,13-15H2,1-3H3. The average Bonchev–Trinajstić information content (AvgIpc) is 3.35. The van der Waals surface area contributed by atoms with Crippen molar-refractivity contribution in [2.45, 2.75) is 93.8 Å². The van der Waals surface area contributed by atoms with E-state index in [9.17, 15) is 39.6 Å². The van der Waals surface area contributed by atoms with Crippen molar-refractivity contribution in [3.63, 3.8) is 0 Å². The lowest BCUT2D eigenvalue weighted by Crippen LogP contribution is -2.65. The van der Waals surface area contributed by atoms with Crippen molar-refractivity contribution in [1.82, 2.24) is 24.2 Å². The third-order valence-corrected chi connectivity index (χ3v) is 10.1. The Morgan fingerprint density at radius 3 is 2.29 bits per heavy atom. The Bertz CT molecular complexity index is 1370. The molecule has 2 unspecified atom stereocenters. The zero-order chi connectivity index (χ0) is 30.4. The first-order valence-corrected chi connectivity index (χ1v) is 14.8. The zero-order valence-electron chi connectivity index (χ0n) is 23.0. The molecule has 1 aromatic carbocycles. The Balaban J connectivity index is 1.59. The molecule has 1 aromatic heterocycles. The SMILES string of the molecule is CC1CN(S(=O)(=O)c2cn(C)nn2)C(C)CN1C1(CCC(=O)c2ccc(CF)cc2C(F)(F)F)CCC(F)(F)CC1. The maximum Gasteiger partial charge on any atom is 0.417 e. The van der Waals surface area contributed by atoms with Crippen LogP contribution in [0.2, 0.25) is 0 Å². The molecule has 228 valence electrons. The number of piperazine rings is 1. The van der Waals surface area contributed by atoms with Crippen LogP contribution in [0.5, 0.6) is 0 Å². The van der Waals surface area contributed by atoms with Gasteiger partial charge in [0.05, 0.1) is 11.8 Å². The minimum atomic E-state index is -4.88. The molecule has 0 spiro atoms. The van der Waals surface area contributed by atoms with Crippen LogP contribution in [0, 0.1) is 0 Å². The number of carbonyl (C=O) groups excluding carboxylic acids is 1. The fourth-order valence-corrected chi connectivity index (χ4v) is 7.67. The largest absolute Gasteiger partial charge is 0.417 e. The van der Waals surface area contributed by atoms with Gasteiger partial charge in [0, 0.05) is 62.6 Å². The highest BCUT2D eigenvalue weighted by Crippen LogP contribution is 2.46. The summed E-state index contributed by atoms with van der Waals surface area (Å²) >= 11 is 0. The van der Waals surface area contributed by atoms with Gasteiger partial charge in [-0.25, -0.2) is 21.6 Å². The number of aromatic nitrogens is 3. The quantitative estimate of drug-likeness (QED) is 0.309. The Labute approximate surface area is 234 Å². The third-order valence-electron chi connectivity index (χ3n) is 8.27. The van der Waals surface area contributed by atoms with Gasteiger partial charge in [-0.15, -0.1) is 5.10 Å². The summed E-state index contributed by atoms with van der Waals surface area (Å²) in [5.74, 6) is -3.73. The summed E-state index contributed by atoms with van der Waals surface area (Å²) in [6.07, 6.45) is -4.86. The van der Waals surface area contributed by atoms with E-state index >= 15 is 0 Å². The van der Waals surface area contributed by atoms with Crippen molar-refractivity contribution in [3.05, 3.63) is 41.1 Å². The number of benzene rings is 1. The van der Waals surface area contributed by atoms with E-state index in [-0.39, 0.29) is 49.4 Å². The van der Waals surface area contributed by atoms with Crippen molar-refractivity contribution >= 4 is 15.8 Å². The van der Waals surface area contributed by atoms with Crippen LogP contribution in [0.15, 0.2) is 29.4 Å². The van der Waals surface area contributed by atoms with Crippen molar-refractivity contribution in [2.24, 2.45) is 7.05 Å². The van der Waals surface area contributed by atoms with Crippen LogP contribution in [0.1, 0.15) is 73.9 Å². The summed E-state index contributed by atoms with van der Waals surface area (Å²) in [4.78, 5) is 15.1. The molecule has 2 heterocycles. The average molecular weight is 610 g/mol. The molecule has 8 nitrogen and oxygen atoms in total. The van der Waals surface area contributed by atoms with E-state index in [1.807, 2.05) is 4.90 Å². The molecule has 4 rings (SSSR count). The number of hydrogen-bond acceptors (Lipinski definition) is 6. The smallest absolute Gasteiger partial charge is 0.294 e. The molecule has 41 heavy (non-hydrogen) atoms. The van der Waals surface area contributed by atoms with Crippen LogP contribution in [-0.2, 0) is 29.9 Å². The lowest BCUT2D eigenvalue weighted by Gasteiger charge is -2.55. The van der Waals surface area contributed by atoms with E-state index in [0.717, 1.165) is 12.1 Å². The molecule has 1 aliphatic heterocycles. The fraction of sp³-hybridized carbons (Fsp3) is 0.654. The molecular weight excluding hydrogens is 576 g/mol. The summed E-state index contributed by atoms with van der Waals surface area (Å²) in [6, 6.07) is 1.67. The molecule has 15 heteroatoms. The predicted molar refractivity (Wildman–Crippen MR) is 136 cm³/mol. The van der Waals surface area contributed by atoms with E-state index in [1.165, 1.54) is 22.2 Å². The minimum Gasteiger partial charge on any atom is -0.294 e. The van der Waals surface area contributed by atoms with Crippen molar-refractivity contribution in [1.29, 1.82) is 0 Å². The minimum absolute atomic E-state index is 0.00579. The van der Waals surface area contributed by atoms with Crippen LogP contribution >= 0.6 is 0 Å². The van der Waals surface area contributed by atoms with E-state index in [2.05, 4.69) is 10.3 Å². The molecule has 1 saturated carbocycles. The summed E-state index contributed by atoms with van der Waals surface area (Å²) < 4.78 is 112. The topological polar surface area (TPSA) is 88.4 Å². The maximum atomic E-state index is 14.3. The number of alkyl halides is 6. The number of aryl methyl sites for hydroxylation is 1. The molecule has 2 atom stereocenters. The van der Waals surface area contributed by atoms with Crippen LogP contribution in [0.4, 0.5) is 26.3 Å². The van der Waals surface area contributed by atoms with Crippen molar-refractivity contribution in [3.8, 4) is 0 Å². The Morgan fingerprint density at radius 2 is 1.73 bits per heavy atom. The second kappa shape index (κ2) is 11.3. The molecule has 2 fully saturated rings. The van der Waals surface area contributed by atoms with Gasteiger partial charge in [-0.1, -0.05) is 17.3 Å². The molecule has 2 aliphatic rings. The van der Waals surface area contributed by atoms with E-state index in [0.29, 0.717) is 6.07 Å². The van der Waals surface area contributed by atoms with Gasteiger partial charge in [0.2, 0.25) is 10.9 Å². The second-order valence-corrected chi connectivity index (χ2v) is 13.0. The number of hydrogen-bond donors (Lipinski definition) is 0. The highest BCUT2D eigenvalue weighted by atomic mass is 32.2. The second-order valence-electron chi connectivity index (χ2n) is 11.2. The monoisotopic (exact) mass is 609 g/mol. The number of nitrogens with zero attached hydrogens (tertiary/aromatic N) is 5. The molecule has 1 aliphatic carbocycles. The van der Waals surface area contributed by atoms with E-state index < -0.39 is 76.2 Å². The predicted octanol–water partition coefficient (Wildman–Crippen LogP) is 5.00. The summed E-state index contributed by atoms with van der Waals surface area (Å²) in [5, 5.41) is 7.19. The highest BCUT2D eigenvalue weighted by Gasteiger charge is 2.51. The molecule has 0 bridgehead atoms. The summed E-state index contributed by atoms with van der Waals surface area (Å²) in [6.45, 7) is 2.52. The van der Waals surface area contributed by atoms with Crippen molar-refractivity contribution < 1.29 is 39.6 Å². The summed E-state index contributed by atoms with van der Waals surface area (Å²) in [5.41, 5.74) is -2.99. The molecule has 2 aromatic rings. The molecule has 0 N–H and O–H groups in total. The first-order valence-electron chi connectivity index (χ1n) is 13.3. The number of Topliss-reactive ketones (excluding diaryl/α,β-unsaturated/α-hetero) is 1. The first-order chi connectivity index (χ1) is 19.0.